The molecule has 2 amide bonds. The van der Waals surface area contributed by atoms with Crippen LogP contribution in [0.5, 0.6) is 0 Å². The standard InChI is InChI=1S/C17H25N3O2/c1-19(2)10-6-9-18-17(22)15-11-16(21)20(13-15)12-14-7-4-3-5-8-14/h3-5,7-8,15H,6,9-13H2,1-2H3,(H,18,22)/p+1/t15-/m1/s1. The van der Waals surface area contributed by atoms with Crippen molar-refractivity contribution in [3.63, 3.8) is 0 Å². The van der Waals surface area contributed by atoms with Gasteiger partial charge in [-0.1, -0.05) is 30.3 Å². The highest BCUT2D eigenvalue weighted by atomic mass is 16.2. The van der Waals surface area contributed by atoms with E-state index in [2.05, 4.69) is 19.4 Å². The van der Waals surface area contributed by atoms with E-state index in [0.29, 0.717) is 26.1 Å². The summed E-state index contributed by atoms with van der Waals surface area (Å²) in [6.07, 6.45) is 1.29. The Hall–Kier alpha value is -1.88. The Balaban J connectivity index is 1.77. The van der Waals surface area contributed by atoms with Gasteiger partial charge in [0.15, 0.2) is 0 Å². The van der Waals surface area contributed by atoms with E-state index in [1.165, 1.54) is 4.90 Å². The van der Waals surface area contributed by atoms with Gasteiger partial charge in [-0.25, -0.2) is 0 Å². The minimum absolute atomic E-state index is 0.0117. The first-order valence-electron chi connectivity index (χ1n) is 7.94. The SMILES string of the molecule is C[NH+](C)CCCNC(=O)[C@@H]1CC(=O)N(Cc2ccccc2)C1. The zero-order valence-corrected chi connectivity index (χ0v) is 13.5. The summed E-state index contributed by atoms with van der Waals surface area (Å²) in [5, 5.41) is 2.95. The lowest BCUT2D eigenvalue weighted by Gasteiger charge is -2.16. The Labute approximate surface area is 132 Å². The molecule has 0 saturated carbocycles. The van der Waals surface area contributed by atoms with Crippen molar-refractivity contribution in [1.82, 2.24) is 10.2 Å². The molecule has 1 heterocycles. The number of amides is 2. The van der Waals surface area contributed by atoms with Crippen molar-refractivity contribution in [2.75, 3.05) is 33.7 Å². The Morgan fingerprint density at radius 2 is 2.05 bits per heavy atom. The van der Waals surface area contributed by atoms with Gasteiger partial charge < -0.3 is 15.1 Å². The van der Waals surface area contributed by atoms with Gasteiger partial charge in [0.05, 0.1) is 26.6 Å². The van der Waals surface area contributed by atoms with Gasteiger partial charge in [-0.15, -0.1) is 0 Å². The van der Waals surface area contributed by atoms with Crippen LogP contribution in [-0.2, 0) is 16.1 Å². The van der Waals surface area contributed by atoms with Crippen molar-refractivity contribution in [3.05, 3.63) is 35.9 Å². The predicted octanol–water partition coefficient (Wildman–Crippen LogP) is -0.314. The first kappa shape index (κ1) is 16.5. The molecule has 1 aliphatic heterocycles. The summed E-state index contributed by atoms with van der Waals surface area (Å²) in [7, 11) is 4.19. The number of carbonyl (C=O) groups excluding carboxylic acids is 2. The van der Waals surface area contributed by atoms with E-state index >= 15 is 0 Å². The van der Waals surface area contributed by atoms with Crippen molar-refractivity contribution in [2.45, 2.75) is 19.4 Å². The van der Waals surface area contributed by atoms with Crippen molar-refractivity contribution >= 4 is 11.8 Å². The summed E-state index contributed by atoms with van der Waals surface area (Å²) in [6, 6.07) is 9.90. The molecule has 1 fully saturated rings. The first-order valence-corrected chi connectivity index (χ1v) is 7.94. The molecular weight excluding hydrogens is 278 g/mol. The Bertz CT molecular complexity index is 502. The third-order valence-electron chi connectivity index (χ3n) is 3.95. The number of rotatable bonds is 7. The molecule has 1 saturated heterocycles. The van der Waals surface area contributed by atoms with Crippen LogP contribution in [0.15, 0.2) is 30.3 Å². The van der Waals surface area contributed by atoms with Gasteiger partial charge >= 0.3 is 0 Å². The van der Waals surface area contributed by atoms with Gasteiger partial charge in [0.2, 0.25) is 11.8 Å². The molecule has 2 rings (SSSR count). The topological polar surface area (TPSA) is 53.9 Å². The molecule has 22 heavy (non-hydrogen) atoms. The molecule has 5 heteroatoms. The minimum Gasteiger partial charge on any atom is -0.356 e. The van der Waals surface area contributed by atoms with Gasteiger partial charge in [0.25, 0.3) is 0 Å². The summed E-state index contributed by atoms with van der Waals surface area (Å²) in [6.45, 7) is 2.84. The van der Waals surface area contributed by atoms with Gasteiger partial charge in [-0.05, 0) is 5.56 Å². The fourth-order valence-corrected chi connectivity index (χ4v) is 2.70. The van der Waals surface area contributed by atoms with Crippen LogP contribution in [0, 0.1) is 5.92 Å². The van der Waals surface area contributed by atoms with Crippen LogP contribution in [0.4, 0.5) is 0 Å². The molecule has 1 aromatic rings. The number of nitrogens with one attached hydrogen (secondary N) is 2. The highest BCUT2D eigenvalue weighted by Crippen LogP contribution is 2.20. The number of benzene rings is 1. The van der Waals surface area contributed by atoms with E-state index in [9.17, 15) is 9.59 Å². The fraction of sp³-hybridized carbons (Fsp3) is 0.529. The first-order chi connectivity index (χ1) is 10.6. The number of quaternary nitrogens is 1. The van der Waals surface area contributed by atoms with Crippen LogP contribution in [0.25, 0.3) is 0 Å². The predicted molar refractivity (Wildman–Crippen MR) is 85.3 cm³/mol. The van der Waals surface area contributed by atoms with Gasteiger partial charge in [-0.3, -0.25) is 9.59 Å². The van der Waals surface area contributed by atoms with E-state index in [0.717, 1.165) is 18.5 Å². The molecule has 1 atom stereocenters. The summed E-state index contributed by atoms with van der Waals surface area (Å²) in [5.41, 5.74) is 1.10. The van der Waals surface area contributed by atoms with E-state index in [4.69, 9.17) is 0 Å². The average Bonchev–Trinajstić information content (AvgIpc) is 2.85. The van der Waals surface area contributed by atoms with Crippen LogP contribution in [-0.4, -0.2) is 50.4 Å². The van der Waals surface area contributed by atoms with E-state index in [1.807, 2.05) is 30.3 Å². The number of hydrogen-bond acceptors (Lipinski definition) is 2. The average molecular weight is 304 g/mol. The van der Waals surface area contributed by atoms with Crippen LogP contribution in [0.3, 0.4) is 0 Å². The number of likely N-dealkylation sites (tertiary alicyclic amines) is 1. The zero-order valence-electron chi connectivity index (χ0n) is 13.5. The van der Waals surface area contributed by atoms with Crippen LogP contribution in [0.2, 0.25) is 0 Å². The lowest BCUT2D eigenvalue weighted by atomic mass is 10.1. The van der Waals surface area contributed by atoms with Crippen molar-refractivity contribution in [3.8, 4) is 0 Å². The van der Waals surface area contributed by atoms with Crippen molar-refractivity contribution in [2.24, 2.45) is 5.92 Å². The molecule has 1 aromatic carbocycles. The normalized spacial score (nSPS) is 18.0. The molecule has 1 aliphatic rings. The zero-order chi connectivity index (χ0) is 15.9. The molecule has 5 nitrogen and oxygen atoms in total. The maximum Gasteiger partial charge on any atom is 0.225 e. The van der Waals surface area contributed by atoms with Gasteiger partial charge in [0, 0.05) is 32.5 Å². The molecule has 0 radical (unpaired) electrons. The second-order valence-electron chi connectivity index (χ2n) is 6.26. The Kier molecular flexibility index (Phi) is 5.95. The molecule has 120 valence electrons. The van der Waals surface area contributed by atoms with E-state index in [1.54, 1.807) is 4.90 Å². The second-order valence-corrected chi connectivity index (χ2v) is 6.26. The lowest BCUT2D eigenvalue weighted by Crippen LogP contribution is -3.05. The summed E-state index contributed by atoms with van der Waals surface area (Å²) in [4.78, 5) is 27.3. The van der Waals surface area contributed by atoms with E-state index < -0.39 is 0 Å². The quantitative estimate of drug-likeness (QED) is 0.679. The number of carbonyl (C=O) groups is 2. The molecule has 0 aromatic heterocycles. The second kappa shape index (κ2) is 7.94. The van der Waals surface area contributed by atoms with Crippen molar-refractivity contribution in [1.29, 1.82) is 0 Å². The molecule has 0 bridgehead atoms. The molecular formula is C17H26N3O2+. The van der Waals surface area contributed by atoms with Crippen LogP contribution in [0.1, 0.15) is 18.4 Å². The smallest absolute Gasteiger partial charge is 0.225 e. The van der Waals surface area contributed by atoms with Crippen molar-refractivity contribution < 1.29 is 14.5 Å². The molecule has 0 unspecified atom stereocenters. The highest BCUT2D eigenvalue weighted by molar-refractivity contribution is 5.89. The van der Waals surface area contributed by atoms with Gasteiger partial charge in [0.1, 0.15) is 0 Å². The molecule has 2 N–H and O–H groups in total. The molecule has 0 aliphatic carbocycles. The van der Waals surface area contributed by atoms with Crippen LogP contribution < -0.4 is 10.2 Å². The largest absolute Gasteiger partial charge is 0.356 e. The highest BCUT2D eigenvalue weighted by Gasteiger charge is 2.33. The lowest BCUT2D eigenvalue weighted by molar-refractivity contribution is -0.858. The monoisotopic (exact) mass is 304 g/mol. The summed E-state index contributed by atoms with van der Waals surface area (Å²) in [5.74, 6) is -0.123. The third kappa shape index (κ3) is 4.84. The summed E-state index contributed by atoms with van der Waals surface area (Å²) < 4.78 is 0. The maximum atomic E-state index is 12.1. The van der Waals surface area contributed by atoms with E-state index in [-0.39, 0.29) is 17.7 Å². The van der Waals surface area contributed by atoms with Crippen LogP contribution >= 0.6 is 0 Å². The maximum absolute atomic E-state index is 12.1. The Morgan fingerprint density at radius 1 is 1.32 bits per heavy atom. The minimum atomic E-state index is -0.206. The Morgan fingerprint density at radius 3 is 2.73 bits per heavy atom. The summed E-state index contributed by atoms with van der Waals surface area (Å²) >= 11 is 0. The fourth-order valence-electron chi connectivity index (χ4n) is 2.70. The molecule has 0 spiro atoms. The van der Waals surface area contributed by atoms with Gasteiger partial charge in [-0.2, -0.15) is 0 Å². The number of nitrogens with zero attached hydrogens (tertiary/aromatic N) is 1. The number of hydrogen-bond donors (Lipinski definition) is 2. The third-order valence-corrected chi connectivity index (χ3v) is 3.95.